The summed E-state index contributed by atoms with van der Waals surface area (Å²) in [7, 11) is 1.61. The Morgan fingerprint density at radius 1 is 1.45 bits per heavy atom. The monoisotopic (exact) mass is 296 g/mol. The third-order valence-corrected chi connectivity index (χ3v) is 4.43. The average molecular weight is 297 g/mol. The second-order valence-electron chi connectivity index (χ2n) is 5.28. The Morgan fingerprint density at radius 2 is 2.10 bits per heavy atom. The van der Waals surface area contributed by atoms with Gasteiger partial charge < -0.3 is 10.5 Å². The minimum absolute atomic E-state index is 0.0258. The van der Waals surface area contributed by atoms with E-state index in [1.54, 1.807) is 7.11 Å². The third-order valence-electron chi connectivity index (χ3n) is 4.14. The minimum atomic E-state index is -0.176. The predicted octanol–water partition coefficient (Wildman–Crippen LogP) is 2.61. The molecule has 0 radical (unpaired) electrons. The van der Waals surface area contributed by atoms with Gasteiger partial charge in [-0.2, -0.15) is 0 Å². The van der Waals surface area contributed by atoms with E-state index < -0.39 is 0 Å². The lowest BCUT2D eigenvalue weighted by Crippen LogP contribution is -2.39. The van der Waals surface area contributed by atoms with Crippen LogP contribution in [0.3, 0.4) is 0 Å². The molecule has 1 aliphatic rings. The highest BCUT2D eigenvalue weighted by molar-refractivity contribution is 6.32. The number of carbonyl (C=O) groups excluding carboxylic acids is 1. The van der Waals surface area contributed by atoms with Gasteiger partial charge in [0.05, 0.1) is 12.1 Å². The van der Waals surface area contributed by atoms with Gasteiger partial charge in [-0.25, -0.2) is 0 Å². The molecule has 0 bridgehead atoms. The number of rotatable bonds is 4. The number of halogens is 1. The van der Waals surface area contributed by atoms with Crippen LogP contribution < -0.4 is 10.5 Å². The number of hydrogen-bond donors (Lipinski definition) is 1. The Labute approximate surface area is 124 Å². The maximum absolute atomic E-state index is 11.2. The molecular weight excluding hydrogens is 276 g/mol. The van der Waals surface area contributed by atoms with Crippen molar-refractivity contribution in [3.63, 3.8) is 0 Å². The maximum Gasteiger partial charge on any atom is 0.220 e. The molecule has 1 fully saturated rings. The lowest BCUT2D eigenvalue weighted by atomic mass is 9.94. The maximum atomic E-state index is 11.2. The van der Waals surface area contributed by atoms with E-state index in [9.17, 15) is 4.79 Å². The molecule has 0 spiro atoms. The number of carbonyl (C=O) groups is 1. The van der Waals surface area contributed by atoms with Crippen LogP contribution in [0.4, 0.5) is 0 Å². The molecule has 110 valence electrons. The van der Waals surface area contributed by atoms with Crippen molar-refractivity contribution in [2.24, 2.45) is 11.7 Å². The summed E-state index contributed by atoms with van der Waals surface area (Å²) in [4.78, 5) is 13.5. The van der Waals surface area contributed by atoms with Crippen molar-refractivity contribution in [2.45, 2.75) is 25.8 Å². The number of likely N-dealkylation sites (tertiary alicyclic amines) is 1. The summed E-state index contributed by atoms with van der Waals surface area (Å²) in [6.07, 6.45) is 1.67. The van der Waals surface area contributed by atoms with Gasteiger partial charge in [0.1, 0.15) is 5.75 Å². The van der Waals surface area contributed by atoms with Crippen LogP contribution in [0.15, 0.2) is 18.2 Å². The first-order valence-electron chi connectivity index (χ1n) is 6.89. The summed E-state index contributed by atoms with van der Waals surface area (Å²) >= 11 is 6.17. The van der Waals surface area contributed by atoms with Crippen molar-refractivity contribution in [2.75, 3.05) is 20.2 Å². The largest absolute Gasteiger partial charge is 0.495 e. The summed E-state index contributed by atoms with van der Waals surface area (Å²) in [5.74, 6) is 0.540. The summed E-state index contributed by atoms with van der Waals surface area (Å²) in [6.45, 7) is 3.93. The molecule has 20 heavy (non-hydrogen) atoms. The van der Waals surface area contributed by atoms with Gasteiger partial charge in [-0.1, -0.05) is 17.7 Å². The SMILES string of the molecule is COc1ccc(C(C)N2CCC(C(N)=O)CC2)cc1Cl. The van der Waals surface area contributed by atoms with Gasteiger partial charge in [0.15, 0.2) is 0 Å². The van der Waals surface area contributed by atoms with E-state index in [4.69, 9.17) is 22.1 Å². The number of benzene rings is 1. The Balaban J connectivity index is 2.03. The van der Waals surface area contributed by atoms with Crippen LogP contribution in [-0.4, -0.2) is 31.0 Å². The molecule has 1 unspecified atom stereocenters. The highest BCUT2D eigenvalue weighted by Crippen LogP contribution is 2.31. The van der Waals surface area contributed by atoms with Gasteiger partial charge in [0.2, 0.25) is 5.91 Å². The fourth-order valence-corrected chi connectivity index (χ4v) is 2.99. The van der Waals surface area contributed by atoms with Crippen LogP contribution in [0, 0.1) is 5.92 Å². The van der Waals surface area contributed by atoms with E-state index in [0.717, 1.165) is 31.5 Å². The topological polar surface area (TPSA) is 55.6 Å². The molecule has 1 saturated heterocycles. The van der Waals surface area contributed by atoms with E-state index in [2.05, 4.69) is 11.8 Å². The second kappa shape index (κ2) is 6.46. The zero-order valence-corrected chi connectivity index (χ0v) is 12.7. The van der Waals surface area contributed by atoms with Gasteiger partial charge in [0.25, 0.3) is 0 Å². The van der Waals surface area contributed by atoms with Crippen molar-refractivity contribution in [1.29, 1.82) is 0 Å². The van der Waals surface area contributed by atoms with Crippen molar-refractivity contribution < 1.29 is 9.53 Å². The molecule has 1 aromatic carbocycles. The smallest absolute Gasteiger partial charge is 0.220 e. The van der Waals surface area contributed by atoms with Crippen LogP contribution in [0.2, 0.25) is 5.02 Å². The summed E-state index contributed by atoms with van der Waals surface area (Å²) in [5, 5.41) is 0.629. The fourth-order valence-electron chi connectivity index (χ4n) is 2.72. The van der Waals surface area contributed by atoms with E-state index in [0.29, 0.717) is 10.8 Å². The average Bonchev–Trinajstić information content (AvgIpc) is 2.46. The van der Waals surface area contributed by atoms with Crippen LogP contribution in [0.25, 0.3) is 0 Å². The van der Waals surface area contributed by atoms with Gasteiger partial charge in [0, 0.05) is 12.0 Å². The van der Waals surface area contributed by atoms with Crippen LogP contribution in [0.5, 0.6) is 5.75 Å². The molecule has 0 aromatic heterocycles. The van der Waals surface area contributed by atoms with Gasteiger partial charge in [-0.05, 0) is 50.6 Å². The molecule has 2 N–H and O–H groups in total. The first kappa shape index (κ1) is 15.1. The van der Waals surface area contributed by atoms with Gasteiger partial charge in [-0.15, -0.1) is 0 Å². The Hall–Kier alpha value is -1.26. The minimum Gasteiger partial charge on any atom is -0.495 e. The van der Waals surface area contributed by atoms with E-state index in [1.807, 2.05) is 18.2 Å². The van der Waals surface area contributed by atoms with Crippen molar-refractivity contribution in [3.05, 3.63) is 28.8 Å². The van der Waals surface area contributed by atoms with E-state index in [-0.39, 0.29) is 17.9 Å². The highest BCUT2D eigenvalue weighted by Gasteiger charge is 2.26. The normalized spacial score (nSPS) is 18.8. The first-order valence-corrected chi connectivity index (χ1v) is 7.27. The molecule has 0 saturated carbocycles. The first-order chi connectivity index (χ1) is 9.52. The van der Waals surface area contributed by atoms with Crippen molar-refractivity contribution in [3.8, 4) is 5.75 Å². The molecule has 1 heterocycles. The zero-order valence-electron chi connectivity index (χ0n) is 11.9. The predicted molar refractivity (Wildman–Crippen MR) is 79.9 cm³/mol. The fraction of sp³-hybridized carbons (Fsp3) is 0.533. The summed E-state index contributed by atoms with van der Waals surface area (Å²) in [6, 6.07) is 6.15. The van der Waals surface area contributed by atoms with Crippen molar-refractivity contribution >= 4 is 17.5 Å². The molecule has 1 aliphatic heterocycles. The number of amides is 1. The Bertz CT molecular complexity index is 485. The number of primary amides is 1. The summed E-state index contributed by atoms with van der Waals surface area (Å²) < 4.78 is 5.17. The molecule has 1 aromatic rings. The molecule has 1 amide bonds. The Morgan fingerprint density at radius 3 is 2.60 bits per heavy atom. The zero-order chi connectivity index (χ0) is 14.7. The number of nitrogens with zero attached hydrogens (tertiary/aromatic N) is 1. The van der Waals surface area contributed by atoms with Crippen LogP contribution >= 0.6 is 11.6 Å². The quantitative estimate of drug-likeness (QED) is 0.929. The van der Waals surface area contributed by atoms with Crippen LogP contribution in [0.1, 0.15) is 31.4 Å². The molecule has 0 aliphatic carbocycles. The number of ether oxygens (including phenoxy) is 1. The van der Waals surface area contributed by atoms with E-state index >= 15 is 0 Å². The van der Waals surface area contributed by atoms with Gasteiger partial charge in [-0.3, -0.25) is 9.69 Å². The van der Waals surface area contributed by atoms with Crippen LogP contribution in [-0.2, 0) is 4.79 Å². The van der Waals surface area contributed by atoms with Gasteiger partial charge >= 0.3 is 0 Å². The summed E-state index contributed by atoms with van der Waals surface area (Å²) in [5.41, 5.74) is 6.52. The van der Waals surface area contributed by atoms with E-state index in [1.165, 1.54) is 0 Å². The number of piperidine rings is 1. The third kappa shape index (κ3) is 3.25. The molecular formula is C15H21ClN2O2. The molecule has 2 rings (SSSR count). The number of methoxy groups -OCH3 is 1. The second-order valence-corrected chi connectivity index (χ2v) is 5.69. The number of hydrogen-bond acceptors (Lipinski definition) is 3. The lowest BCUT2D eigenvalue weighted by Gasteiger charge is -2.35. The lowest BCUT2D eigenvalue weighted by molar-refractivity contribution is -0.123. The Kier molecular flexibility index (Phi) is 4.89. The molecule has 1 atom stereocenters. The number of nitrogens with two attached hydrogens (primary N) is 1. The molecule has 5 heteroatoms. The standard InChI is InChI=1S/C15H21ClN2O2/c1-10(12-3-4-14(20-2)13(16)9-12)18-7-5-11(6-8-18)15(17)19/h3-4,9-11H,5-8H2,1-2H3,(H2,17,19). The van der Waals surface area contributed by atoms with Crippen molar-refractivity contribution in [1.82, 2.24) is 4.90 Å². The highest BCUT2D eigenvalue weighted by atomic mass is 35.5. The molecule has 4 nitrogen and oxygen atoms in total.